The summed E-state index contributed by atoms with van der Waals surface area (Å²) in [6.07, 6.45) is 1.88. The molecule has 0 aliphatic carbocycles. The van der Waals surface area contributed by atoms with Crippen LogP contribution < -0.4 is 15.4 Å². The first-order valence-electron chi connectivity index (χ1n) is 6.83. The highest BCUT2D eigenvalue weighted by Gasteiger charge is 2.40. The molecule has 2 N–H and O–H groups in total. The van der Waals surface area contributed by atoms with Gasteiger partial charge in [0.05, 0.1) is 5.69 Å². The van der Waals surface area contributed by atoms with E-state index >= 15 is 0 Å². The van der Waals surface area contributed by atoms with Gasteiger partial charge in [0.15, 0.2) is 5.60 Å². The molecule has 0 saturated heterocycles. The molecule has 2 rings (SSSR count). The van der Waals surface area contributed by atoms with Crippen molar-refractivity contribution >= 4 is 11.6 Å². The predicted molar refractivity (Wildman–Crippen MR) is 76.6 cm³/mol. The molecule has 1 aromatic carbocycles. The van der Waals surface area contributed by atoms with Crippen LogP contribution in [-0.2, 0) is 11.2 Å². The lowest BCUT2D eigenvalue weighted by atomic mass is 10.0. The van der Waals surface area contributed by atoms with Gasteiger partial charge in [-0.15, -0.1) is 0 Å². The zero-order chi connectivity index (χ0) is 14.0. The van der Waals surface area contributed by atoms with Gasteiger partial charge < -0.3 is 15.4 Å². The van der Waals surface area contributed by atoms with Crippen molar-refractivity contribution in [1.29, 1.82) is 0 Å². The average Bonchev–Trinajstić information content (AvgIpc) is 2.38. The summed E-state index contributed by atoms with van der Waals surface area (Å²) in [5.74, 6) is 0.793. The molecule has 1 aromatic rings. The zero-order valence-electron chi connectivity index (χ0n) is 11.9. The molecule has 1 heterocycles. The molecule has 1 aliphatic heterocycles. The second-order valence-corrected chi connectivity index (χ2v) is 5.36. The maximum Gasteiger partial charge on any atom is 0.270 e. The molecule has 1 aliphatic rings. The summed E-state index contributed by atoms with van der Waals surface area (Å²) in [5.41, 5.74) is 6.82. The number of fused-ring (bicyclic) bond motifs is 1. The van der Waals surface area contributed by atoms with Gasteiger partial charge in [0.25, 0.3) is 5.91 Å². The monoisotopic (exact) mass is 262 g/mol. The molecule has 0 fully saturated rings. The molecule has 0 spiro atoms. The van der Waals surface area contributed by atoms with Crippen molar-refractivity contribution in [2.24, 2.45) is 5.73 Å². The van der Waals surface area contributed by atoms with Crippen molar-refractivity contribution in [1.82, 2.24) is 0 Å². The van der Waals surface area contributed by atoms with Crippen LogP contribution in [0.5, 0.6) is 5.75 Å². The Morgan fingerprint density at radius 2 is 2.11 bits per heavy atom. The van der Waals surface area contributed by atoms with E-state index in [0.717, 1.165) is 24.3 Å². The number of anilines is 1. The van der Waals surface area contributed by atoms with E-state index in [2.05, 4.69) is 0 Å². The summed E-state index contributed by atoms with van der Waals surface area (Å²) in [6, 6.07) is 6.05. The fourth-order valence-electron chi connectivity index (χ4n) is 2.39. The van der Waals surface area contributed by atoms with Crippen LogP contribution in [-0.4, -0.2) is 24.6 Å². The second-order valence-electron chi connectivity index (χ2n) is 5.36. The number of nitrogens with two attached hydrogens (primary N) is 1. The van der Waals surface area contributed by atoms with E-state index in [1.54, 1.807) is 4.90 Å². The third kappa shape index (κ3) is 2.59. The first-order valence-corrected chi connectivity index (χ1v) is 6.83. The number of amides is 1. The lowest BCUT2D eigenvalue weighted by Crippen LogP contribution is -2.52. The Kier molecular flexibility index (Phi) is 3.80. The number of nitrogens with zero attached hydrogens (tertiary/aromatic N) is 1. The molecule has 4 nitrogen and oxygen atoms in total. The van der Waals surface area contributed by atoms with Crippen molar-refractivity contribution in [2.45, 2.75) is 39.2 Å². The van der Waals surface area contributed by atoms with Crippen LogP contribution in [0.2, 0.25) is 0 Å². The summed E-state index contributed by atoms with van der Waals surface area (Å²) in [5, 5.41) is 0. The third-order valence-electron chi connectivity index (χ3n) is 3.43. The fraction of sp³-hybridized carbons (Fsp3) is 0.533. The highest BCUT2D eigenvalue weighted by molar-refractivity contribution is 6.02. The van der Waals surface area contributed by atoms with Gasteiger partial charge in [0.1, 0.15) is 5.75 Å². The lowest BCUT2D eigenvalue weighted by Gasteiger charge is -2.38. The maximum atomic E-state index is 12.3. The highest BCUT2D eigenvalue weighted by atomic mass is 16.5. The Labute approximate surface area is 114 Å². The van der Waals surface area contributed by atoms with E-state index in [-0.39, 0.29) is 5.91 Å². The molecule has 1 amide bonds. The Morgan fingerprint density at radius 1 is 1.37 bits per heavy atom. The molecule has 0 bridgehead atoms. The number of carbonyl (C=O) groups excluding carboxylic acids is 1. The minimum atomic E-state index is -0.790. The van der Waals surface area contributed by atoms with Crippen LogP contribution in [0, 0.1) is 0 Å². The van der Waals surface area contributed by atoms with Crippen LogP contribution in [0.25, 0.3) is 0 Å². The minimum Gasteiger partial charge on any atom is -0.476 e. The Bertz CT molecular complexity index is 483. The van der Waals surface area contributed by atoms with Gasteiger partial charge >= 0.3 is 0 Å². The first-order chi connectivity index (χ1) is 8.99. The van der Waals surface area contributed by atoms with Gasteiger partial charge in [-0.1, -0.05) is 6.07 Å². The second kappa shape index (κ2) is 5.21. The van der Waals surface area contributed by atoms with Gasteiger partial charge in [0, 0.05) is 6.54 Å². The topological polar surface area (TPSA) is 55.6 Å². The van der Waals surface area contributed by atoms with Crippen LogP contribution in [0.3, 0.4) is 0 Å². The quantitative estimate of drug-likeness (QED) is 0.904. The highest BCUT2D eigenvalue weighted by Crippen LogP contribution is 2.38. The predicted octanol–water partition coefficient (Wildman–Crippen LogP) is 2.10. The molecule has 104 valence electrons. The largest absolute Gasteiger partial charge is 0.476 e. The average molecular weight is 262 g/mol. The van der Waals surface area contributed by atoms with Crippen LogP contribution in [0.4, 0.5) is 5.69 Å². The fourth-order valence-corrected chi connectivity index (χ4v) is 2.39. The molecule has 0 unspecified atom stereocenters. The number of likely N-dealkylation sites (N-methyl/N-ethyl adjacent to an activating group) is 1. The van der Waals surface area contributed by atoms with E-state index in [1.165, 1.54) is 5.56 Å². The summed E-state index contributed by atoms with van der Waals surface area (Å²) < 4.78 is 5.81. The van der Waals surface area contributed by atoms with Gasteiger partial charge in [-0.2, -0.15) is 0 Å². The van der Waals surface area contributed by atoms with E-state index in [1.807, 2.05) is 39.0 Å². The minimum absolute atomic E-state index is 0.0125. The summed E-state index contributed by atoms with van der Waals surface area (Å²) in [6.45, 7) is 6.93. The van der Waals surface area contributed by atoms with Crippen molar-refractivity contribution in [2.75, 3.05) is 18.0 Å². The van der Waals surface area contributed by atoms with E-state index in [9.17, 15) is 4.79 Å². The van der Waals surface area contributed by atoms with Crippen molar-refractivity contribution in [3.8, 4) is 5.75 Å². The third-order valence-corrected chi connectivity index (χ3v) is 3.43. The molecule has 0 atom stereocenters. The number of carbonyl (C=O) groups is 1. The summed E-state index contributed by atoms with van der Waals surface area (Å²) in [4.78, 5) is 14.1. The molecular formula is C15H22N2O2. The molecule has 4 heteroatoms. The Morgan fingerprint density at radius 3 is 2.74 bits per heavy atom. The van der Waals surface area contributed by atoms with Gasteiger partial charge in [-0.3, -0.25) is 4.79 Å². The molecule has 0 radical (unpaired) electrons. The molecule has 0 saturated carbocycles. The van der Waals surface area contributed by atoms with Crippen LogP contribution >= 0.6 is 0 Å². The van der Waals surface area contributed by atoms with Crippen LogP contribution in [0.15, 0.2) is 18.2 Å². The van der Waals surface area contributed by atoms with Crippen LogP contribution in [0.1, 0.15) is 32.8 Å². The van der Waals surface area contributed by atoms with E-state index in [0.29, 0.717) is 13.1 Å². The lowest BCUT2D eigenvalue weighted by molar-refractivity contribution is -0.132. The van der Waals surface area contributed by atoms with Crippen molar-refractivity contribution in [3.63, 3.8) is 0 Å². The van der Waals surface area contributed by atoms with Gasteiger partial charge in [-0.05, 0) is 57.9 Å². The number of rotatable bonds is 4. The number of benzene rings is 1. The normalized spacial score (nSPS) is 17.1. The molecule has 0 aromatic heterocycles. The molecular weight excluding hydrogens is 240 g/mol. The summed E-state index contributed by atoms with van der Waals surface area (Å²) >= 11 is 0. The SMILES string of the molecule is CCN1C(=O)C(C)(C)Oc2ccc(CCCN)cc21. The van der Waals surface area contributed by atoms with E-state index in [4.69, 9.17) is 10.5 Å². The zero-order valence-corrected chi connectivity index (χ0v) is 11.9. The van der Waals surface area contributed by atoms with Gasteiger partial charge in [-0.25, -0.2) is 0 Å². The Balaban J connectivity index is 2.37. The Hall–Kier alpha value is -1.55. The maximum absolute atomic E-state index is 12.3. The van der Waals surface area contributed by atoms with E-state index < -0.39 is 5.60 Å². The van der Waals surface area contributed by atoms with Crippen molar-refractivity contribution < 1.29 is 9.53 Å². The molecule has 19 heavy (non-hydrogen) atoms. The van der Waals surface area contributed by atoms with Gasteiger partial charge in [0.2, 0.25) is 0 Å². The number of aryl methyl sites for hydroxylation is 1. The van der Waals surface area contributed by atoms with Crippen molar-refractivity contribution in [3.05, 3.63) is 23.8 Å². The standard InChI is InChI=1S/C15H22N2O2/c1-4-17-12-10-11(6-5-9-16)7-8-13(12)19-15(2,3)14(17)18/h7-8,10H,4-6,9,16H2,1-3H3. The summed E-state index contributed by atoms with van der Waals surface area (Å²) in [7, 11) is 0. The number of hydrogen-bond donors (Lipinski definition) is 1. The number of ether oxygens (including phenoxy) is 1. The smallest absolute Gasteiger partial charge is 0.270 e. The number of hydrogen-bond acceptors (Lipinski definition) is 3. The first kappa shape index (κ1) is 13.9.